The molecule has 0 spiro atoms. The first-order valence-corrected chi connectivity index (χ1v) is 11.9. The first-order valence-electron chi connectivity index (χ1n) is 11.9. The minimum Gasteiger partial charge on any atom is -0.464 e. The van der Waals surface area contributed by atoms with Gasteiger partial charge in [0.05, 0.1) is 6.26 Å². The lowest BCUT2D eigenvalue weighted by Crippen LogP contribution is -2.47. The highest BCUT2D eigenvalue weighted by Gasteiger charge is 2.19. The van der Waals surface area contributed by atoms with E-state index in [2.05, 4.69) is 55.9 Å². The van der Waals surface area contributed by atoms with Gasteiger partial charge in [-0.05, 0) is 54.8 Å². The van der Waals surface area contributed by atoms with Crippen molar-refractivity contribution < 1.29 is 4.42 Å². The minimum atomic E-state index is 0.472. The molecule has 1 aliphatic rings. The second-order valence-electron chi connectivity index (χ2n) is 9.00. The third-order valence-electron chi connectivity index (χ3n) is 6.66. The van der Waals surface area contributed by atoms with Crippen LogP contribution in [0.15, 0.2) is 72.0 Å². The molecule has 4 heterocycles. The normalized spacial score (nSPS) is 16.3. The average Bonchev–Trinajstić information content (AvgIpc) is 3.28. The predicted molar refractivity (Wildman–Crippen MR) is 131 cm³/mol. The fourth-order valence-corrected chi connectivity index (χ4v) is 4.74. The molecule has 0 radical (unpaired) electrons. The van der Waals surface area contributed by atoms with Crippen molar-refractivity contribution >= 4 is 11.0 Å². The van der Waals surface area contributed by atoms with Crippen LogP contribution in [-0.4, -0.2) is 64.0 Å². The maximum atomic E-state index is 5.81. The molecule has 0 N–H and O–H groups in total. The van der Waals surface area contributed by atoms with E-state index in [9.17, 15) is 0 Å². The zero-order valence-corrected chi connectivity index (χ0v) is 19.2. The van der Waals surface area contributed by atoms with Gasteiger partial charge in [-0.2, -0.15) is 0 Å². The van der Waals surface area contributed by atoms with E-state index >= 15 is 0 Å². The summed E-state index contributed by atoms with van der Waals surface area (Å²) in [4.78, 5) is 18.0. The summed E-state index contributed by atoms with van der Waals surface area (Å²) in [6.45, 7) is 9.03. The molecule has 0 aliphatic carbocycles. The Kier molecular flexibility index (Phi) is 6.74. The molecule has 6 nitrogen and oxygen atoms in total. The van der Waals surface area contributed by atoms with E-state index in [0.29, 0.717) is 5.92 Å². The van der Waals surface area contributed by atoms with Crippen molar-refractivity contribution in [1.82, 2.24) is 24.8 Å². The summed E-state index contributed by atoms with van der Waals surface area (Å²) in [5, 5.41) is 1.20. The molecule has 170 valence electrons. The van der Waals surface area contributed by atoms with Gasteiger partial charge in [-0.25, -0.2) is 9.97 Å². The van der Waals surface area contributed by atoms with Crippen LogP contribution in [-0.2, 0) is 6.42 Å². The standard InChI is InChI=1S/C27H31N5O/c1-21(26-6-2-3-9-30-26)18-32-13-11-31(12-14-32)10-4-5-23-19-33-27-8-7-22(15-25(23)27)24-16-28-20-29-17-24/h2-3,6-9,15-17,19-21H,4-5,10-14,18H2,1H3/t21-/m1/s1. The average molecular weight is 442 g/mol. The van der Waals surface area contributed by atoms with Gasteiger partial charge >= 0.3 is 0 Å². The van der Waals surface area contributed by atoms with E-state index in [4.69, 9.17) is 4.42 Å². The Morgan fingerprint density at radius 2 is 1.79 bits per heavy atom. The highest BCUT2D eigenvalue weighted by molar-refractivity contribution is 5.86. The molecule has 4 aromatic rings. The monoisotopic (exact) mass is 441 g/mol. The van der Waals surface area contributed by atoms with Gasteiger partial charge in [0.15, 0.2) is 0 Å². The highest BCUT2D eigenvalue weighted by atomic mass is 16.3. The minimum absolute atomic E-state index is 0.472. The van der Waals surface area contributed by atoms with Crippen LogP contribution in [0, 0.1) is 0 Å². The van der Waals surface area contributed by atoms with Crippen LogP contribution in [0.3, 0.4) is 0 Å². The lowest BCUT2D eigenvalue weighted by Gasteiger charge is -2.35. The molecule has 0 unspecified atom stereocenters. The third kappa shape index (κ3) is 5.29. The summed E-state index contributed by atoms with van der Waals surface area (Å²) in [6.07, 6.45) is 11.2. The molecule has 33 heavy (non-hydrogen) atoms. The molecule has 1 atom stereocenters. The Morgan fingerprint density at radius 3 is 2.58 bits per heavy atom. The van der Waals surface area contributed by atoms with Gasteiger partial charge in [-0.1, -0.05) is 19.1 Å². The maximum absolute atomic E-state index is 5.81. The number of hydrogen-bond donors (Lipinski definition) is 0. The molecule has 1 saturated heterocycles. The van der Waals surface area contributed by atoms with Crippen molar-refractivity contribution in [2.24, 2.45) is 0 Å². The maximum Gasteiger partial charge on any atom is 0.134 e. The van der Waals surface area contributed by atoms with Gasteiger partial charge in [-0.3, -0.25) is 4.98 Å². The number of aryl methyl sites for hydroxylation is 1. The van der Waals surface area contributed by atoms with Crippen LogP contribution in [0.2, 0.25) is 0 Å². The number of furan rings is 1. The summed E-state index contributed by atoms with van der Waals surface area (Å²) >= 11 is 0. The van der Waals surface area contributed by atoms with Crippen molar-refractivity contribution in [2.75, 3.05) is 39.3 Å². The van der Waals surface area contributed by atoms with Crippen LogP contribution in [0.4, 0.5) is 0 Å². The van der Waals surface area contributed by atoms with E-state index in [1.54, 1.807) is 6.33 Å². The smallest absolute Gasteiger partial charge is 0.134 e. The quantitative estimate of drug-likeness (QED) is 0.397. The van der Waals surface area contributed by atoms with Crippen molar-refractivity contribution in [2.45, 2.75) is 25.7 Å². The molecule has 1 fully saturated rings. The number of benzene rings is 1. The Hall–Kier alpha value is -3.09. The van der Waals surface area contributed by atoms with Crippen LogP contribution < -0.4 is 0 Å². The van der Waals surface area contributed by atoms with Gasteiger partial charge in [0.25, 0.3) is 0 Å². The number of pyridine rings is 1. The molecule has 0 bridgehead atoms. The Bertz CT molecular complexity index is 1150. The summed E-state index contributed by atoms with van der Waals surface area (Å²) < 4.78 is 5.81. The van der Waals surface area contributed by atoms with Crippen LogP contribution in [0.1, 0.15) is 30.5 Å². The van der Waals surface area contributed by atoms with Crippen LogP contribution >= 0.6 is 0 Å². The molecule has 1 aliphatic heterocycles. The molecule has 5 rings (SSSR count). The van der Waals surface area contributed by atoms with E-state index in [0.717, 1.165) is 68.8 Å². The fraction of sp³-hybridized carbons (Fsp3) is 0.370. The van der Waals surface area contributed by atoms with Crippen molar-refractivity contribution in [1.29, 1.82) is 0 Å². The SMILES string of the molecule is C[C@H](CN1CCN(CCCc2coc3ccc(-c4cncnc4)cc23)CC1)c1ccccn1. The van der Waals surface area contributed by atoms with Crippen LogP contribution in [0.5, 0.6) is 0 Å². The second kappa shape index (κ2) is 10.2. The number of aromatic nitrogens is 3. The molecule has 0 amide bonds. The van der Waals surface area contributed by atoms with E-state index in [-0.39, 0.29) is 0 Å². The van der Waals surface area contributed by atoms with Crippen LogP contribution in [0.25, 0.3) is 22.1 Å². The third-order valence-corrected chi connectivity index (χ3v) is 6.66. The van der Waals surface area contributed by atoms with Crippen molar-refractivity contribution in [3.63, 3.8) is 0 Å². The summed E-state index contributed by atoms with van der Waals surface area (Å²) in [5.74, 6) is 0.472. The molecular weight excluding hydrogens is 410 g/mol. The zero-order valence-electron chi connectivity index (χ0n) is 19.2. The summed E-state index contributed by atoms with van der Waals surface area (Å²) in [5.41, 5.74) is 5.58. The van der Waals surface area contributed by atoms with E-state index in [1.807, 2.05) is 37.0 Å². The first kappa shape index (κ1) is 21.7. The molecule has 6 heteroatoms. The van der Waals surface area contributed by atoms with Gasteiger partial charge in [0.2, 0.25) is 0 Å². The zero-order chi connectivity index (χ0) is 22.5. The van der Waals surface area contributed by atoms with E-state index < -0.39 is 0 Å². The largest absolute Gasteiger partial charge is 0.464 e. The van der Waals surface area contributed by atoms with E-state index in [1.165, 1.54) is 16.6 Å². The fourth-order valence-electron chi connectivity index (χ4n) is 4.74. The molecule has 0 saturated carbocycles. The van der Waals surface area contributed by atoms with Gasteiger partial charge in [-0.15, -0.1) is 0 Å². The Labute approximate surface area is 195 Å². The number of fused-ring (bicyclic) bond motifs is 1. The summed E-state index contributed by atoms with van der Waals surface area (Å²) in [6, 6.07) is 12.5. The highest BCUT2D eigenvalue weighted by Crippen LogP contribution is 2.28. The van der Waals surface area contributed by atoms with Crippen molar-refractivity contribution in [3.8, 4) is 11.1 Å². The van der Waals surface area contributed by atoms with Gasteiger partial charge < -0.3 is 14.2 Å². The number of rotatable bonds is 8. The molecule has 1 aromatic carbocycles. The first-order chi connectivity index (χ1) is 16.3. The lowest BCUT2D eigenvalue weighted by atomic mass is 10.0. The van der Waals surface area contributed by atoms with Gasteiger partial charge in [0.1, 0.15) is 11.9 Å². The van der Waals surface area contributed by atoms with Crippen molar-refractivity contribution in [3.05, 3.63) is 78.8 Å². The molecular formula is C27H31N5O. The predicted octanol–water partition coefficient (Wildman–Crippen LogP) is 4.64. The number of hydrogen-bond acceptors (Lipinski definition) is 6. The Balaban J connectivity index is 1.11. The number of nitrogens with zero attached hydrogens (tertiary/aromatic N) is 5. The topological polar surface area (TPSA) is 58.3 Å². The number of piperazine rings is 1. The summed E-state index contributed by atoms with van der Waals surface area (Å²) in [7, 11) is 0. The van der Waals surface area contributed by atoms with Gasteiger partial charge in [0, 0.05) is 73.9 Å². The lowest BCUT2D eigenvalue weighted by molar-refractivity contribution is 0.127. The Morgan fingerprint density at radius 1 is 0.970 bits per heavy atom. The molecule has 3 aromatic heterocycles. The second-order valence-corrected chi connectivity index (χ2v) is 9.00.